The van der Waals surface area contributed by atoms with Gasteiger partial charge in [-0.1, -0.05) is 19.9 Å². The normalized spacial score (nSPS) is 10.6. The molecular formula is C15H16N2O3. The molecule has 0 aliphatic carbocycles. The van der Waals surface area contributed by atoms with E-state index in [1.807, 2.05) is 25.1 Å². The Balaban J connectivity index is 2.17. The Morgan fingerprint density at radius 1 is 1.20 bits per heavy atom. The van der Waals surface area contributed by atoms with Gasteiger partial charge in [0.25, 0.3) is 0 Å². The Bertz CT molecular complexity index is 622. The van der Waals surface area contributed by atoms with Gasteiger partial charge in [0.05, 0.1) is 0 Å². The van der Waals surface area contributed by atoms with Crippen LogP contribution in [0.15, 0.2) is 30.3 Å². The minimum absolute atomic E-state index is 0.108. The summed E-state index contributed by atoms with van der Waals surface area (Å²) in [5, 5.41) is 16.0. The van der Waals surface area contributed by atoms with Gasteiger partial charge in [-0.2, -0.15) is 0 Å². The first-order chi connectivity index (χ1) is 9.47. The van der Waals surface area contributed by atoms with E-state index in [0.717, 1.165) is 5.56 Å². The molecule has 5 heteroatoms. The van der Waals surface area contributed by atoms with Crippen LogP contribution >= 0.6 is 0 Å². The van der Waals surface area contributed by atoms with Crippen molar-refractivity contribution >= 4 is 5.97 Å². The quantitative estimate of drug-likeness (QED) is 0.923. The number of carbonyl (C=O) groups is 1. The fourth-order valence-electron chi connectivity index (χ4n) is 1.97. The summed E-state index contributed by atoms with van der Waals surface area (Å²) in [6.07, 6.45) is 0. The van der Waals surface area contributed by atoms with Crippen LogP contribution in [0.1, 0.15) is 41.4 Å². The number of carboxylic acids is 1. The van der Waals surface area contributed by atoms with E-state index in [1.165, 1.54) is 17.7 Å². The molecule has 0 aliphatic rings. The summed E-state index contributed by atoms with van der Waals surface area (Å²) >= 11 is 0. The van der Waals surface area contributed by atoms with E-state index in [2.05, 4.69) is 24.0 Å². The maximum atomic E-state index is 10.7. The predicted octanol–water partition coefficient (Wildman–Crippen LogP) is 3.40. The van der Waals surface area contributed by atoms with E-state index >= 15 is 0 Å². The van der Waals surface area contributed by atoms with Gasteiger partial charge in [-0.05, 0) is 42.2 Å². The molecular weight excluding hydrogens is 256 g/mol. The molecule has 1 aromatic heterocycles. The Labute approximate surface area is 117 Å². The summed E-state index contributed by atoms with van der Waals surface area (Å²) in [7, 11) is 0. The third kappa shape index (κ3) is 3.12. The molecule has 0 bridgehead atoms. The van der Waals surface area contributed by atoms with E-state index < -0.39 is 5.97 Å². The van der Waals surface area contributed by atoms with Crippen molar-refractivity contribution in [2.24, 2.45) is 0 Å². The van der Waals surface area contributed by atoms with Crippen LogP contribution in [0.3, 0.4) is 0 Å². The molecule has 0 atom stereocenters. The van der Waals surface area contributed by atoms with E-state index in [1.54, 1.807) is 0 Å². The van der Waals surface area contributed by atoms with Crippen molar-refractivity contribution in [1.29, 1.82) is 0 Å². The number of benzene rings is 1. The molecule has 2 rings (SSSR count). The lowest BCUT2D eigenvalue weighted by Gasteiger charge is -2.11. The summed E-state index contributed by atoms with van der Waals surface area (Å²) in [4.78, 5) is 10.7. The van der Waals surface area contributed by atoms with Crippen LogP contribution < -0.4 is 4.74 Å². The summed E-state index contributed by atoms with van der Waals surface area (Å²) in [5.74, 6) is 0.274. The van der Waals surface area contributed by atoms with Gasteiger partial charge in [0.15, 0.2) is 5.69 Å². The van der Waals surface area contributed by atoms with Gasteiger partial charge >= 0.3 is 5.97 Å². The van der Waals surface area contributed by atoms with Crippen LogP contribution in [0.5, 0.6) is 11.6 Å². The Morgan fingerprint density at radius 2 is 1.95 bits per heavy atom. The average Bonchev–Trinajstić information content (AvgIpc) is 2.39. The minimum Gasteiger partial charge on any atom is -0.476 e. The van der Waals surface area contributed by atoms with Gasteiger partial charge in [-0.15, -0.1) is 10.2 Å². The molecule has 0 fully saturated rings. The van der Waals surface area contributed by atoms with Gasteiger partial charge in [0, 0.05) is 6.07 Å². The first kappa shape index (κ1) is 14.0. The summed E-state index contributed by atoms with van der Waals surface area (Å²) in [5.41, 5.74) is 2.31. The smallest absolute Gasteiger partial charge is 0.356 e. The monoisotopic (exact) mass is 272 g/mol. The van der Waals surface area contributed by atoms with Gasteiger partial charge in [0.2, 0.25) is 5.88 Å². The fourth-order valence-corrected chi connectivity index (χ4v) is 1.97. The lowest BCUT2D eigenvalue weighted by molar-refractivity contribution is 0.0689. The lowest BCUT2D eigenvalue weighted by atomic mass is 9.98. The molecule has 20 heavy (non-hydrogen) atoms. The maximum Gasteiger partial charge on any atom is 0.356 e. The van der Waals surface area contributed by atoms with Gasteiger partial charge in [-0.3, -0.25) is 0 Å². The molecule has 0 amide bonds. The first-order valence-electron chi connectivity index (χ1n) is 6.33. The number of hydrogen-bond donors (Lipinski definition) is 1. The Kier molecular flexibility index (Phi) is 3.98. The van der Waals surface area contributed by atoms with Crippen molar-refractivity contribution in [2.75, 3.05) is 0 Å². The highest BCUT2D eigenvalue weighted by molar-refractivity contribution is 5.84. The summed E-state index contributed by atoms with van der Waals surface area (Å²) in [6.45, 7) is 6.30. The molecule has 2 aromatic rings. The number of hydrogen-bond acceptors (Lipinski definition) is 4. The van der Waals surface area contributed by atoms with Gasteiger partial charge in [0.1, 0.15) is 5.75 Å². The topological polar surface area (TPSA) is 72.3 Å². The SMILES string of the molecule is Cc1cc(Oc2ccc(C(=O)O)nn2)ccc1C(C)C. The minimum atomic E-state index is -1.11. The molecule has 0 radical (unpaired) electrons. The predicted molar refractivity (Wildman–Crippen MR) is 74.3 cm³/mol. The van der Waals surface area contributed by atoms with Crippen molar-refractivity contribution in [3.63, 3.8) is 0 Å². The van der Waals surface area contributed by atoms with Crippen LogP contribution in [-0.4, -0.2) is 21.3 Å². The van der Waals surface area contributed by atoms with Crippen LogP contribution in [0.4, 0.5) is 0 Å². The number of nitrogens with zero attached hydrogens (tertiary/aromatic N) is 2. The van der Waals surface area contributed by atoms with Crippen molar-refractivity contribution < 1.29 is 14.6 Å². The standard InChI is InChI=1S/C15H16N2O3/c1-9(2)12-5-4-11(8-10(12)3)20-14-7-6-13(15(18)19)16-17-14/h4-9H,1-3H3,(H,18,19). The number of carboxylic acid groups (broad SMARTS) is 1. The van der Waals surface area contributed by atoms with Crippen molar-refractivity contribution in [3.8, 4) is 11.6 Å². The van der Waals surface area contributed by atoms with Crippen LogP contribution in [0, 0.1) is 6.92 Å². The average molecular weight is 272 g/mol. The van der Waals surface area contributed by atoms with Crippen molar-refractivity contribution in [2.45, 2.75) is 26.7 Å². The molecule has 0 aliphatic heterocycles. The lowest BCUT2D eigenvalue weighted by Crippen LogP contribution is -2.02. The second-order valence-electron chi connectivity index (χ2n) is 4.84. The first-order valence-corrected chi connectivity index (χ1v) is 6.33. The number of aromatic nitrogens is 2. The second-order valence-corrected chi connectivity index (χ2v) is 4.84. The maximum absolute atomic E-state index is 10.7. The zero-order valence-corrected chi connectivity index (χ0v) is 11.6. The van der Waals surface area contributed by atoms with Gasteiger partial charge < -0.3 is 9.84 Å². The molecule has 1 N–H and O–H groups in total. The zero-order chi connectivity index (χ0) is 14.7. The largest absolute Gasteiger partial charge is 0.476 e. The van der Waals surface area contributed by atoms with Crippen LogP contribution in [0.2, 0.25) is 0 Å². The molecule has 1 heterocycles. The molecule has 104 valence electrons. The zero-order valence-electron chi connectivity index (χ0n) is 11.6. The third-order valence-corrected chi connectivity index (χ3v) is 2.94. The molecule has 5 nitrogen and oxygen atoms in total. The molecule has 1 aromatic carbocycles. The highest BCUT2D eigenvalue weighted by Gasteiger charge is 2.08. The van der Waals surface area contributed by atoms with Crippen molar-refractivity contribution in [1.82, 2.24) is 10.2 Å². The van der Waals surface area contributed by atoms with E-state index in [0.29, 0.717) is 11.7 Å². The number of aryl methyl sites for hydroxylation is 1. The van der Waals surface area contributed by atoms with E-state index in [4.69, 9.17) is 9.84 Å². The molecule has 0 saturated carbocycles. The number of aromatic carboxylic acids is 1. The highest BCUT2D eigenvalue weighted by Crippen LogP contribution is 2.26. The Morgan fingerprint density at radius 3 is 2.45 bits per heavy atom. The fraction of sp³-hybridized carbons (Fsp3) is 0.267. The number of rotatable bonds is 4. The van der Waals surface area contributed by atoms with Crippen molar-refractivity contribution in [3.05, 3.63) is 47.2 Å². The number of ether oxygens (including phenoxy) is 1. The Hall–Kier alpha value is -2.43. The van der Waals surface area contributed by atoms with Gasteiger partial charge in [-0.25, -0.2) is 4.79 Å². The molecule has 0 saturated heterocycles. The summed E-state index contributed by atoms with van der Waals surface area (Å²) < 4.78 is 5.56. The molecule has 0 spiro atoms. The van der Waals surface area contributed by atoms with Crippen LogP contribution in [-0.2, 0) is 0 Å². The second kappa shape index (κ2) is 5.69. The van der Waals surface area contributed by atoms with Crippen LogP contribution in [0.25, 0.3) is 0 Å². The highest BCUT2D eigenvalue weighted by atomic mass is 16.5. The third-order valence-electron chi connectivity index (χ3n) is 2.94. The van der Waals surface area contributed by atoms with E-state index in [-0.39, 0.29) is 11.6 Å². The van der Waals surface area contributed by atoms with E-state index in [9.17, 15) is 4.79 Å². The summed E-state index contributed by atoms with van der Waals surface area (Å²) in [6, 6.07) is 8.67. The molecule has 0 unspecified atom stereocenters.